The topological polar surface area (TPSA) is 198 Å². The van der Waals surface area contributed by atoms with Gasteiger partial charge in [-0.25, -0.2) is 9.59 Å². The van der Waals surface area contributed by atoms with Gasteiger partial charge in [0.05, 0.1) is 23.2 Å². The first-order valence-corrected chi connectivity index (χ1v) is 25.3. The number of amides is 1. The van der Waals surface area contributed by atoms with E-state index < -0.39 is 53.1 Å². The van der Waals surface area contributed by atoms with Crippen LogP contribution in [0.25, 0.3) is 0 Å². The van der Waals surface area contributed by atoms with Crippen LogP contribution >= 0.6 is 0 Å². The minimum absolute atomic E-state index is 0.00627. The highest BCUT2D eigenvalue weighted by atomic mass is 16.7. The lowest BCUT2D eigenvalue weighted by Crippen LogP contribution is -2.54. The molecule has 1 aromatic carbocycles. The number of methoxy groups -OCH3 is 1. The number of aliphatic hydroxyl groups excluding tert-OH is 1. The van der Waals surface area contributed by atoms with Gasteiger partial charge in [-0.15, -0.1) is 0 Å². The van der Waals surface area contributed by atoms with Gasteiger partial charge in [0.25, 0.3) is 11.6 Å². The lowest BCUT2D eigenvalue weighted by atomic mass is 9.83. The minimum atomic E-state index is -0.919. The second-order valence-electron chi connectivity index (χ2n) is 20.0. The van der Waals surface area contributed by atoms with E-state index in [0.717, 1.165) is 31.3 Å². The van der Waals surface area contributed by atoms with Crippen molar-refractivity contribution in [1.82, 2.24) is 4.90 Å². The van der Waals surface area contributed by atoms with Crippen molar-refractivity contribution in [3.63, 3.8) is 0 Å². The molecule has 4 aliphatic rings. The van der Waals surface area contributed by atoms with Crippen molar-refractivity contribution in [2.45, 2.75) is 186 Å². The van der Waals surface area contributed by atoms with Gasteiger partial charge in [-0.1, -0.05) is 57.2 Å². The van der Waals surface area contributed by atoms with Gasteiger partial charge >= 0.3 is 12.1 Å². The number of Topliss-reactive ketones (excluding diaryl/α,β-unsaturated/α-hetero) is 2. The molecule has 3 aliphatic heterocycles. The predicted molar refractivity (Wildman–Crippen MR) is 260 cm³/mol. The number of nitro benzene ring substituents is 1. The average Bonchev–Trinajstić information content (AvgIpc) is 3.33. The Balaban J connectivity index is 1.28. The number of fused-ring (bicyclic) bond motifs is 3. The molecule has 15 nitrogen and oxygen atoms in total. The third-order valence-corrected chi connectivity index (χ3v) is 14.4. The average molecular weight is 961 g/mol. The van der Waals surface area contributed by atoms with Crippen LogP contribution < -0.4 is 4.74 Å². The SMILES string of the molecule is CO[C@H]1CC2CCCC(O2)C(=O)C(=O)N2CCCC[C@H]2C(=O)O[C@H](CC[C@H]2CC[C@H](OC(=O)Oc3ccc([N+](=O)[O-])cc3)CC2)CC[C@H](C)/C=C(\C)[C@@H](O)CC(=O)[C@H](C)C[C@H](C)/C=C/C=C/C=C/1C. The number of benzene rings is 1. The number of ketones is 2. The summed E-state index contributed by atoms with van der Waals surface area (Å²) in [6.45, 7) is 10.1. The molecule has 0 spiro atoms. The van der Waals surface area contributed by atoms with Gasteiger partial charge in [0.1, 0.15) is 35.9 Å². The summed E-state index contributed by atoms with van der Waals surface area (Å²) in [5.41, 5.74) is 1.58. The molecule has 2 saturated heterocycles. The quantitative estimate of drug-likeness (QED) is 0.0677. The minimum Gasteiger partial charge on any atom is -0.461 e. The molecule has 0 aromatic heterocycles. The van der Waals surface area contributed by atoms with E-state index in [1.807, 2.05) is 58.1 Å². The fourth-order valence-electron chi connectivity index (χ4n) is 10.1. The molecule has 0 radical (unpaired) electrons. The highest BCUT2D eigenvalue weighted by Crippen LogP contribution is 2.33. The first-order valence-electron chi connectivity index (χ1n) is 25.3. The molecule has 3 fully saturated rings. The first-order chi connectivity index (χ1) is 33.0. The summed E-state index contributed by atoms with van der Waals surface area (Å²) in [7, 11) is 1.64. The Labute approximate surface area is 408 Å². The number of nitrogens with zero attached hydrogens (tertiary/aromatic N) is 2. The van der Waals surface area contributed by atoms with E-state index in [4.69, 9.17) is 23.7 Å². The Hall–Kier alpha value is -4.99. The maximum absolute atomic E-state index is 14.2. The molecule has 1 N–H and O–H groups in total. The van der Waals surface area contributed by atoms with Crippen molar-refractivity contribution in [2.24, 2.45) is 23.7 Å². The number of rotatable bonds is 7. The van der Waals surface area contributed by atoms with Crippen molar-refractivity contribution in [2.75, 3.05) is 13.7 Å². The van der Waals surface area contributed by atoms with Crippen LogP contribution in [0, 0.1) is 33.8 Å². The van der Waals surface area contributed by atoms with Gasteiger partial charge in [0, 0.05) is 44.5 Å². The normalized spacial score (nSPS) is 33.6. The number of allylic oxidation sites excluding steroid dienone is 6. The zero-order valence-corrected chi connectivity index (χ0v) is 41.6. The number of esters is 1. The number of piperidine rings is 1. The van der Waals surface area contributed by atoms with E-state index in [0.29, 0.717) is 82.6 Å². The van der Waals surface area contributed by atoms with E-state index >= 15 is 0 Å². The third kappa shape index (κ3) is 17.4. The summed E-state index contributed by atoms with van der Waals surface area (Å²) in [6, 6.07) is 4.28. The molecular weight excluding hydrogens is 885 g/mol. The van der Waals surface area contributed by atoms with Crippen LogP contribution in [0.3, 0.4) is 0 Å². The molecule has 2 bridgehead atoms. The van der Waals surface area contributed by atoms with Crippen molar-refractivity contribution in [3.05, 3.63) is 82.0 Å². The molecule has 1 aromatic rings. The summed E-state index contributed by atoms with van der Waals surface area (Å²) in [5.74, 6) is -1.56. The molecule has 3 heterocycles. The summed E-state index contributed by atoms with van der Waals surface area (Å²) >= 11 is 0. The summed E-state index contributed by atoms with van der Waals surface area (Å²) in [6.07, 6.45) is 17.8. The van der Waals surface area contributed by atoms with E-state index in [-0.39, 0.29) is 72.2 Å². The fourth-order valence-corrected chi connectivity index (χ4v) is 10.1. The lowest BCUT2D eigenvalue weighted by Gasteiger charge is -2.36. The number of hydrogen-bond acceptors (Lipinski definition) is 13. The van der Waals surface area contributed by atoms with Crippen molar-refractivity contribution in [1.29, 1.82) is 0 Å². The van der Waals surface area contributed by atoms with Crippen molar-refractivity contribution >= 4 is 35.3 Å². The van der Waals surface area contributed by atoms with E-state index in [2.05, 4.69) is 13.0 Å². The molecule has 69 heavy (non-hydrogen) atoms. The monoisotopic (exact) mass is 961 g/mol. The van der Waals surface area contributed by atoms with E-state index in [1.54, 1.807) is 7.11 Å². The zero-order chi connectivity index (χ0) is 50.0. The smallest absolute Gasteiger partial charge is 0.461 e. The number of non-ortho nitro benzene ring substituents is 1. The number of carbonyl (C=O) groups is 5. The van der Waals surface area contributed by atoms with Gasteiger partial charge in [-0.2, -0.15) is 0 Å². The number of ether oxygens (including phenoxy) is 5. The fraction of sp³-hybridized carbons (Fsp3) is 0.648. The lowest BCUT2D eigenvalue weighted by molar-refractivity contribution is -0.384. The first kappa shape index (κ1) is 54.9. The maximum atomic E-state index is 14.2. The second kappa shape index (κ2) is 27.4. The van der Waals surface area contributed by atoms with E-state index in [1.165, 1.54) is 29.2 Å². The Morgan fingerprint density at radius 3 is 2.29 bits per heavy atom. The van der Waals surface area contributed by atoms with Crippen LogP contribution in [-0.2, 0) is 38.1 Å². The molecule has 1 aliphatic carbocycles. The van der Waals surface area contributed by atoms with E-state index in [9.17, 15) is 39.2 Å². The van der Waals surface area contributed by atoms with Gasteiger partial charge in [0.2, 0.25) is 5.78 Å². The van der Waals surface area contributed by atoms with Gasteiger partial charge < -0.3 is 33.7 Å². The van der Waals surface area contributed by atoms with Crippen LogP contribution in [0.4, 0.5) is 10.5 Å². The number of nitro groups is 1. The van der Waals surface area contributed by atoms with Crippen LogP contribution in [-0.4, -0.2) is 101 Å². The van der Waals surface area contributed by atoms with Crippen LogP contribution in [0.2, 0.25) is 0 Å². The number of cyclic esters (lactones) is 1. The summed E-state index contributed by atoms with van der Waals surface area (Å²) in [4.78, 5) is 79.8. The molecule has 380 valence electrons. The van der Waals surface area contributed by atoms with Crippen LogP contribution in [0.5, 0.6) is 5.75 Å². The molecular formula is C54H76N2O13. The maximum Gasteiger partial charge on any atom is 0.514 e. The van der Waals surface area contributed by atoms with Crippen molar-refractivity contribution in [3.8, 4) is 5.75 Å². The summed E-state index contributed by atoms with van der Waals surface area (Å²) < 4.78 is 29.3. The summed E-state index contributed by atoms with van der Waals surface area (Å²) in [5, 5.41) is 22.1. The second-order valence-corrected chi connectivity index (χ2v) is 20.0. The third-order valence-electron chi connectivity index (χ3n) is 14.4. The van der Waals surface area contributed by atoms with Crippen molar-refractivity contribution < 1.29 is 57.7 Å². The molecule has 1 saturated carbocycles. The Morgan fingerprint density at radius 2 is 1.58 bits per heavy atom. The number of hydrogen-bond donors (Lipinski definition) is 1. The molecule has 5 rings (SSSR count). The van der Waals surface area contributed by atoms with Gasteiger partial charge in [0.15, 0.2) is 0 Å². The molecule has 9 atom stereocenters. The molecule has 2 unspecified atom stereocenters. The highest BCUT2D eigenvalue weighted by molar-refractivity contribution is 6.38. The Kier molecular flexibility index (Phi) is 21.8. The molecule has 15 heteroatoms. The number of carbonyl (C=O) groups excluding carboxylic acids is 5. The largest absolute Gasteiger partial charge is 0.514 e. The van der Waals surface area contributed by atoms with Crippen LogP contribution in [0.1, 0.15) is 144 Å². The predicted octanol–water partition coefficient (Wildman–Crippen LogP) is 10.1. The Morgan fingerprint density at radius 1 is 0.841 bits per heavy atom. The number of aliphatic hydroxyl groups is 1. The van der Waals surface area contributed by atoms with Gasteiger partial charge in [-0.05, 0) is 151 Å². The standard InChI is InChI=1S/C54H76N2O13/c1-35-13-8-7-9-14-37(3)50(65-6)33-45-15-12-17-49(66-45)51(59)52(60)55-30-11-10-16-46(55)53(61)67-42(24-18-36(2)32-39(5)48(58)34-47(57)38(4)31-35)25-19-40-20-26-43(27-21-40)68-54(62)69-44-28-22-41(23-29-44)56(63)64/h7-9,13-14,22-23,28-29,32,35-36,38,40,42-43,45-46,48-50,58H,10-12,15-21,24-27,30-31,33-34H2,1-6H3/b9-7+,13-8+,37-14+,39-32+/t35-,36+,38-,40-,42+,43-,45?,46+,48+,49?,50+/m1/s1. The van der Waals surface area contributed by atoms with Crippen LogP contribution in [0.15, 0.2) is 71.9 Å². The van der Waals surface area contributed by atoms with Gasteiger partial charge in [-0.3, -0.25) is 24.5 Å². The zero-order valence-electron chi connectivity index (χ0n) is 41.6. The Bertz CT molecular complexity index is 2020. The molecule has 1 amide bonds. The highest BCUT2D eigenvalue weighted by Gasteiger charge is 2.41.